The predicted molar refractivity (Wildman–Crippen MR) is 58.2 cm³/mol. The molecule has 2 heterocycles. The van der Waals surface area contributed by atoms with Crippen molar-refractivity contribution in [2.24, 2.45) is 0 Å². The lowest BCUT2D eigenvalue weighted by Crippen LogP contribution is -2.30. The zero-order valence-electron chi connectivity index (χ0n) is 8.04. The molecule has 1 saturated heterocycles. The van der Waals surface area contributed by atoms with Gasteiger partial charge in [0.2, 0.25) is 5.91 Å². The molecule has 1 N–H and O–H groups in total. The fourth-order valence-electron chi connectivity index (χ4n) is 1.33. The number of nitrogens with one attached hydrogen (secondary N) is 1. The molecule has 0 unspecified atom stereocenters. The summed E-state index contributed by atoms with van der Waals surface area (Å²) in [4.78, 5) is 27.6. The summed E-state index contributed by atoms with van der Waals surface area (Å²) in [5.74, 6) is -0.303. The van der Waals surface area contributed by atoms with E-state index in [4.69, 9.17) is 23.2 Å². The van der Waals surface area contributed by atoms with Gasteiger partial charge >= 0.3 is 6.03 Å². The number of aromatic nitrogens is 1. The first-order chi connectivity index (χ1) is 7.58. The third-order valence-electron chi connectivity index (χ3n) is 2.13. The number of pyridine rings is 1. The van der Waals surface area contributed by atoms with Gasteiger partial charge in [-0.05, 0) is 12.1 Å². The highest BCUT2D eigenvalue weighted by Gasteiger charge is 2.29. The van der Waals surface area contributed by atoms with Crippen LogP contribution in [0.5, 0.6) is 0 Å². The number of nitrogens with zero attached hydrogens (tertiary/aromatic N) is 2. The molecule has 3 amide bonds. The van der Waals surface area contributed by atoms with Crippen molar-refractivity contribution in [3.05, 3.63) is 28.0 Å². The maximum Gasteiger partial charge on any atom is 0.324 e. The summed E-state index contributed by atoms with van der Waals surface area (Å²) < 4.78 is 0. The van der Waals surface area contributed by atoms with Crippen molar-refractivity contribution < 1.29 is 9.59 Å². The summed E-state index contributed by atoms with van der Waals surface area (Å²) >= 11 is 11.6. The van der Waals surface area contributed by atoms with Crippen LogP contribution in [0, 0.1) is 0 Å². The van der Waals surface area contributed by atoms with Crippen molar-refractivity contribution in [3.63, 3.8) is 0 Å². The smallest absolute Gasteiger partial charge is 0.324 e. The molecule has 0 radical (unpaired) electrons. The quantitative estimate of drug-likeness (QED) is 0.646. The van der Waals surface area contributed by atoms with E-state index in [0.717, 1.165) is 4.90 Å². The van der Waals surface area contributed by atoms with E-state index >= 15 is 0 Å². The van der Waals surface area contributed by atoms with Gasteiger partial charge in [0.25, 0.3) is 0 Å². The minimum absolute atomic E-state index is 0.0109. The molecule has 0 atom stereocenters. The molecule has 7 heteroatoms. The van der Waals surface area contributed by atoms with E-state index in [1.54, 1.807) is 12.1 Å². The fraction of sp³-hybridized carbons (Fsp3) is 0.222. The van der Waals surface area contributed by atoms with Crippen LogP contribution in [-0.4, -0.2) is 28.4 Å². The van der Waals surface area contributed by atoms with Gasteiger partial charge in [-0.3, -0.25) is 9.69 Å². The molecule has 2 rings (SSSR count). The molecule has 1 fully saturated rings. The second kappa shape index (κ2) is 4.27. The van der Waals surface area contributed by atoms with Gasteiger partial charge in [0.1, 0.15) is 5.15 Å². The molecular formula is C9H7Cl2N3O2. The van der Waals surface area contributed by atoms with Gasteiger partial charge in [-0.2, -0.15) is 0 Å². The number of halogens is 2. The first-order valence-corrected chi connectivity index (χ1v) is 5.22. The standard InChI is InChI=1S/C9H7Cl2N3O2/c10-5-1-2-7(11)13-6(5)4-14-8(15)3-12-9(14)16/h1-2H,3-4H2,(H,12,16). The van der Waals surface area contributed by atoms with Gasteiger partial charge in [-0.1, -0.05) is 23.2 Å². The number of imide groups is 1. The Labute approximate surface area is 101 Å². The lowest BCUT2D eigenvalue weighted by atomic mass is 10.3. The number of amides is 3. The van der Waals surface area contributed by atoms with E-state index < -0.39 is 6.03 Å². The maximum atomic E-state index is 11.3. The second-order valence-corrected chi connectivity index (χ2v) is 4.00. The van der Waals surface area contributed by atoms with Gasteiger partial charge in [-0.15, -0.1) is 0 Å². The zero-order valence-corrected chi connectivity index (χ0v) is 9.55. The Kier molecular flexibility index (Phi) is 2.98. The SMILES string of the molecule is O=C1CNC(=O)N1Cc1nc(Cl)ccc1Cl. The molecule has 0 aliphatic carbocycles. The van der Waals surface area contributed by atoms with E-state index in [0.29, 0.717) is 10.7 Å². The highest BCUT2D eigenvalue weighted by Crippen LogP contribution is 2.19. The number of hydrogen-bond donors (Lipinski definition) is 1. The Balaban J connectivity index is 2.23. The van der Waals surface area contributed by atoms with Gasteiger partial charge in [0.15, 0.2) is 0 Å². The van der Waals surface area contributed by atoms with Crippen molar-refractivity contribution in [2.45, 2.75) is 6.54 Å². The van der Waals surface area contributed by atoms with Crippen molar-refractivity contribution in [3.8, 4) is 0 Å². The summed E-state index contributed by atoms with van der Waals surface area (Å²) in [6.07, 6.45) is 0. The van der Waals surface area contributed by atoms with E-state index in [-0.39, 0.29) is 24.1 Å². The fourth-order valence-corrected chi connectivity index (χ4v) is 1.66. The molecule has 1 aromatic heterocycles. The number of carbonyl (C=O) groups excluding carboxylic acids is 2. The van der Waals surface area contributed by atoms with Crippen LogP contribution in [-0.2, 0) is 11.3 Å². The number of urea groups is 1. The zero-order chi connectivity index (χ0) is 11.7. The van der Waals surface area contributed by atoms with Crippen LogP contribution in [0.15, 0.2) is 12.1 Å². The van der Waals surface area contributed by atoms with Gasteiger partial charge < -0.3 is 5.32 Å². The first kappa shape index (κ1) is 11.2. The monoisotopic (exact) mass is 259 g/mol. The molecule has 16 heavy (non-hydrogen) atoms. The first-order valence-electron chi connectivity index (χ1n) is 4.47. The summed E-state index contributed by atoms with van der Waals surface area (Å²) in [5.41, 5.74) is 0.402. The highest BCUT2D eigenvalue weighted by atomic mass is 35.5. The Morgan fingerprint density at radius 2 is 2.12 bits per heavy atom. The summed E-state index contributed by atoms with van der Waals surface area (Å²) in [5, 5.41) is 3.05. The molecule has 0 bridgehead atoms. The summed E-state index contributed by atoms with van der Waals surface area (Å²) in [7, 11) is 0. The Morgan fingerprint density at radius 1 is 1.38 bits per heavy atom. The molecule has 1 aliphatic rings. The van der Waals surface area contributed by atoms with E-state index in [1.807, 2.05) is 0 Å². The Hall–Kier alpha value is -1.33. The maximum absolute atomic E-state index is 11.3. The van der Waals surface area contributed by atoms with Gasteiger partial charge in [0.05, 0.1) is 23.8 Å². The van der Waals surface area contributed by atoms with Gasteiger partial charge in [-0.25, -0.2) is 9.78 Å². The average molecular weight is 260 g/mol. The average Bonchev–Trinajstić information content (AvgIpc) is 2.55. The third-order valence-corrected chi connectivity index (χ3v) is 2.68. The van der Waals surface area contributed by atoms with Crippen LogP contribution in [0.4, 0.5) is 4.79 Å². The van der Waals surface area contributed by atoms with Crippen LogP contribution in [0.3, 0.4) is 0 Å². The molecule has 5 nitrogen and oxygen atoms in total. The summed E-state index contributed by atoms with van der Waals surface area (Å²) in [6.45, 7) is 0.0427. The number of rotatable bonds is 2. The third kappa shape index (κ3) is 2.10. The minimum atomic E-state index is -0.442. The number of carbonyl (C=O) groups is 2. The minimum Gasteiger partial charge on any atom is -0.329 e. The topological polar surface area (TPSA) is 62.3 Å². The van der Waals surface area contributed by atoms with Crippen molar-refractivity contribution in [1.29, 1.82) is 0 Å². The highest BCUT2D eigenvalue weighted by molar-refractivity contribution is 6.32. The van der Waals surface area contributed by atoms with Crippen LogP contribution >= 0.6 is 23.2 Å². The molecule has 1 aromatic rings. The Morgan fingerprint density at radius 3 is 2.75 bits per heavy atom. The van der Waals surface area contributed by atoms with Crippen LogP contribution in [0.2, 0.25) is 10.2 Å². The normalized spacial score (nSPS) is 15.5. The van der Waals surface area contributed by atoms with Crippen LogP contribution in [0.25, 0.3) is 0 Å². The Bertz CT molecular complexity index is 448. The van der Waals surface area contributed by atoms with Crippen molar-refractivity contribution in [1.82, 2.24) is 15.2 Å². The van der Waals surface area contributed by atoms with E-state index in [9.17, 15) is 9.59 Å². The molecule has 1 aliphatic heterocycles. The largest absolute Gasteiger partial charge is 0.329 e. The van der Waals surface area contributed by atoms with E-state index in [1.165, 1.54) is 0 Å². The van der Waals surface area contributed by atoms with Crippen molar-refractivity contribution >= 4 is 35.1 Å². The molecule has 0 spiro atoms. The van der Waals surface area contributed by atoms with E-state index in [2.05, 4.69) is 10.3 Å². The van der Waals surface area contributed by atoms with Crippen molar-refractivity contribution in [2.75, 3.05) is 6.54 Å². The number of hydrogen-bond acceptors (Lipinski definition) is 3. The van der Waals surface area contributed by atoms with Crippen LogP contribution in [0.1, 0.15) is 5.69 Å². The summed E-state index contributed by atoms with van der Waals surface area (Å²) in [6, 6.07) is 2.67. The lowest BCUT2D eigenvalue weighted by Gasteiger charge is -2.12. The van der Waals surface area contributed by atoms with Crippen LogP contribution < -0.4 is 5.32 Å². The second-order valence-electron chi connectivity index (χ2n) is 3.20. The molecule has 84 valence electrons. The van der Waals surface area contributed by atoms with Gasteiger partial charge in [0, 0.05) is 0 Å². The molecule has 0 saturated carbocycles. The lowest BCUT2D eigenvalue weighted by molar-refractivity contribution is -0.125. The molecular weight excluding hydrogens is 253 g/mol. The molecule has 0 aromatic carbocycles. The predicted octanol–water partition coefficient (Wildman–Crippen LogP) is 1.44.